The molecule has 2 atom stereocenters. The van der Waals surface area contributed by atoms with Gasteiger partial charge in [-0.2, -0.15) is 0 Å². The molecular formula is C14H29N3. The Kier molecular flexibility index (Phi) is 4.83. The van der Waals surface area contributed by atoms with Gasteiger partial charge in [0.15, 0.2) is 0 Å². The summed E-state index contributed by atoms with van der Waals surface area (Å²) in [6.45, 7) is 5.67. The average molecular weight is 239 g/mol. The van der Waals surface area contributed by atoms with E-state index in [1.54, 1.807) is 0 Å². The Labute approximate surface area is 106 Å². The molecule has 1 aliphatic carbocycles. The van der Waals surface area contributed by atoms with Crippen LogP contribution in [0.1, 0.15) is 45.4 Å². The predicted molar refractivity (Wildman–Crippen MR) is 73.1 cm³/mol. The molecular weight excluding hydrogens is 210 g/mol. The van der Waals surface area contributed by atoms with Gasteiger partial charge in [-0.1, -0.05) is 19.3 Å². The lowest BCUT2D eigenvalue weighted by Gasteiger charge is -2.47. The number of nitrogens with zero attached hydrogens (tertiary/aromatic N) is 2. The van der Waals surface area contributed by atoms with E-state index in [-0.39, 0.29) is 0 Å². The van der Waals surface area contributed by atoms with Crippen molar-refractivity contribution >= 4 is 0 Å². The molecule has 1 saturated carbocycles. The molecule has 2 unspecified atom stereocenters. The van der Waals surface area contributed by atoms with Crippen LogP contribution in [0.15, 0.2) is 0 Å². The zero-order valence-electron chi connectivity index (χ0n) is 11.6. The highest BCUT2D eigenvalue weighted by Gasteiger charge is 2.32. The third kappa shape index (κ3) is 3.21. The van der Waals surface area contributed by atoms with Crippen molar-refractivity contribution in [1.29, 1.82) is 0 Å². The maximum atomic E-state index is 5.75. The molecule has 0 aromatic heterocycles. The standard InChI is InChI=1S/C14H29N3/c1-12-10-17(13-6-4-3-5-7-13)11-14(8-9-15)16(12)2/h12-14H,3-11,15H2,1-2H3. The topological polar surface area (TPSA) is 32.5 Å². The Hall–Kier alpha value is -0.120. The highest BCUT2D eigenvalue weighted by Crippen LogP contribution is 2.26. The largest absolute Gasteiger partial charge is 0.330 e. The smallest absolute Gasteiger partial charge is 0.0235 e. The first kappa shape index (κ1) is 13.3. The molecule has 2 rings (SSSR count). The maximum Gasteiger partial charge on any atom is 0.0235 e. The molecule has 17 heavy (non-hydrogen) atoms. The molecule has 0 bridgehead atoms. The van der Waals surface area contributed by atoms with Gasteiger partial charge in [0.25, 0.3) is 0 Å². The summed E-state index contributed by atoms with van der Waals surface area (Å²) in [7, 11) is 2.27. The number of likely N-dealkylation sites (N-methyl/N-ethyl adjacent to an activating group) is 1. The number of hydrogen-bond donors (Lipinski definition) is 1. The normalized spacial score (nSPS) is 34.1. The van der Waals surface area contributed by atoms with Crippen molar-refractivity contribution in [3.05, 3.63) is 0 Å². The quantitative estimate of drug-likeness (QED) is 0.813. The van der Waals surface area contributed by atoms with Gasteiger partial charge in [-0.15, -0.1) is 0 Å². The van der Waals surface area contributed by atoms with Crippen LogP contribution in [0.25, 0.3) is 0 Å². The number of piperazine rings is 1. The van der Waals surface area contributed by atoms with Gasteiger partial charge >= 0.3 is 0 Å². The van der Waals surface area contributed by atoms with Gasteiger partial charge in [-0.25, -0.2) is 0 Å². The van der Waals surface area contributed by atoms with E-state index < -0.39 is 0 Å². The van der Waals surface area contributed by atoms with Crippen molar-refractivity contribution in [2.24, 2.45) is 5.73 Å². The van der Waals surface area contributed by atoms with Gasteiger partial charge in [0.2, 0.25) is 0 Å². The van der Waals surface area contributed by atoms with Crippen LogP contribution < -0.4 is 5.73 Å². The molecule has 3 heteroatoms. The van der Waals surface area contributed by atoms with Crippen LogP contribution >= 0.6 is 0 Å². The summed E-state index contributed by atoms with van der Waals surface area (Å²) in [6, 6.07) is 2.22. The van der Waals surface area contributed by atoms with Gasteiger partial charge in [-0.3, -0.25) is 9.80 Å². The van der Waals surface area contributed by atoms with Gasteiger partial charge in [-0.05, 0) is 39.8 Å². The van der Waals surface area contributed by atoms with E-state index >= 15 is 0 Å². The fraction of sp³-hybridized carbons (Fsp3) is 1.00. The molecule has 0 aromatic carbocycles. The summed E-state index contributed by atoms with van der Waals surface area (Å²) in [5.74, 6) is 0. The van der Waals surface area contributed by atoms with Crippen molar-refractivity contribution in [3.63, 3.8) is 0 Å². The lowest BCUT2D eigenvalue weighted by atomic mass is 9.92. The molecule has 1 aliphatic heterocycles. The molecule has 2 fully saturated rings. The molecule has 1 heterocycles. The first-order valence-electron chi connectivity index (χ1n) is 7.38. The second-order valence-electron chi connectivity index (χ2n) is 5.99. The molecule has 0 amide bonds. The zero-order valence-corrected chi connectivity index (χ0v) is 11.6. The van der Waals surface area contributed by atoms with E-state index in [1.165, 1.54) is 45.2 Å². The summed E-state index contributed by atoms with van der Waals surface area (Å²) in [4.78, 5) is 5.29. The fourth-order valence-electron chi connectivity index (χ4n) is 3.53. The molecule has 100 valence electrons. The number of hydrogen-bond acceptors (Lipinski definition) is 3. The molecule has 1 saturated heterocycles. The third-order valence-corrected chi connectivity index (χ3v) is 4.81. The highest BCUT2D eigenvalue weighted by atomic mass is 15.3. The average Bonchev–Trinajstić information content (AvgIpc) is 2.36. The minimum Gasteiger partial charge on any atom is -0.330 e. The minimum atomic E-state index is 0.672. The summed E-state index contributed by atoms with van der Waals surface area (Å²) in [5.41, 5.74) is 5.75. The SMILES string of the molecule is CC1CN(C2CCCCC2)CC(CCN)N1C. The monoisotopic (exact) mass is 239 g/mol. The Bertz CT molecular complexity index is 226. The predicted octanol–water partition coefficient (Wildman–Crippen LogP) is 1.67. The van der Waals surface area contributed by atoms with E-state index in [2.05, 4.69) is 23.8 Å². The van der Waals surface area contributed by atoms with E-state index in [9.17, 15) is 0 Å². The molecule has 0 spiro atoms. The van der Waals surface area contributed by atoms with Crippen molar-refractivity contribution in [2.75, 3.05) is 26.7 Å². The second-order valence-corrected chi connectivity index (χ2v) is 5.99. The lowest BCUT2D eigenvalue weighted by Crippen LogP contribution is -2.59. The van der Waals surface area contributed by atoms with Crippen molar-refractivity contribution < 1.29 is 0 Å². The fourth-order valence-corrected chi connectivity index (χ4v) is 3.53. The van der Waals surface area contributed by atoms with Crippen LogP contribution in [-0.4, -0.2) is 54.6 Å². The maximum absolute atomic E-state index is 5.75. The second kappa shape index (κ2) is 6.17. The molecule has 3 nitrogen and oxygen atoms in total. The van der Waals surface area contributed by atoms with Gasteiger partial charge in [0, 0.05) is 31.2 Å². The van der Waals surface area contributed by atoms with Crippen LogP contribution in [0.2, 0.25) is 0 Å². The summed E-state index contributed by atoms with van der Waals surface area (Å²) >= 11 is 0. The molecule has 0 aromatic rings. The van der Waals surface area contributed by atoms with Crippen molar-refractivity contribution in [3.8, 4) is 0 Å². The Balaban J connectivity index is 1.94. The van der Waals surface area contributed by atoms with Crippen LogP contribution in [0.4, 0.5) is 0 Å². The summed E-state index contributed by atoms with van der Waals surface area (Å²) in [5, 5.41) is 0. The third-order valence-electron chi connectivity index (χ3n) is 4.81. The first-order chi connectivity index (χ1) is 8.22. The van der Waals surface area contributed by atoms with Gasteiger partial charge in [0.1, 0.15) is 0 Å². The van der Waals surface area contributed by atoms with E-state index in [0.717, 1.165) is 19.0 Å². The van der Waals surface area contributed by atoms with Crippen LogP contribution in [0.3, 0.4) is 0 Å². The first-order valence-corrected chi connectivity index (χ1v) is 7.38. The van der Waals surface area contributed by atoms with Gasteiger partial charge < -0.3 is 5.73 Å². The zero-order chi connectivity index (χ0) is 12.3. The van der Waals surface area contributed by atoms with E-state index in [0.29, 0.717) is 12.1 Å². The van der Waals surface area contributed by atoms with E-state index in [4.69, 9.17) is 5.73 Å². The Morgan fingerprint density at radius 3 is 2.47 bits per heavy atom. The summed E-state index contributed by atoms with van der Waals surface area (Å²) < 4.78 is 0. The summed E-state index contributed by atoms with van der Waals surface area (Å²) in [6.07, 6.45) is 8.31. The lowest BCUT2D eigenvalue weighted by molar-refractivity contribution is 0.0145. The van der Waals surface area contributed by atoms with Crippen LogP contribution in [0.5, 0.6) is 0 Å². The molecule has 2 N–H and O–H groups in total. The highest BCUT2D eigenvalue weighted by molar-refractivity contribution is 4.89. The van der Waals surface area contributed by atoms with E-state index in [1.807, 2.05) is 0 Å². The molecule has 2 aliphatic rings. The molecule has 0 radical (unpaired) electrons. The Morgan fingerprint density at radius 1 is 1.12 bits per heavy atom. The van der Waals surface area contributed by atoms with Crippen molar-refractivity contribution in [2.45, 2.75) is 63.6 Å². The number of rotatable bonds is 3. The van der Waals surface area contributed by atoms with Crippen LogP contribution in [0, 0.1) is 0 Å². The van der Waals surface area contributed by atoms with Crippen LogP contribution in [-0.2, 0) is 0 Å². The van der Waals surface area contributed by atoms with Crippen molar-refractivity contribution in [1.82, 2.24) is 9.80 Å². The minimum absolute atomic E-state index is 0.672. The Morgan fingerprint density at radius 2 is 1.82 bits per heavy atom. The van der Waals surface area contributed by atoms with Gasteiger partial charge in [0.05, 0.1) is 0 Å². The number of nitrogens with two attached hydrogens (primary N) is 1.